The van der Waals surface area contributed by atoms with E-state index in [1.807, 2.05) is 30.3 Å². The minimum Gasteiger partial charge on any atom is -0.356 e. The fourth-order valence-corrected chi connectivity index (χ4v) is 2.56. The lowest BCUT2D eigenvalue weighted by atomic mass is 9.85. The predicted octanol–water partition coefficient (Wildman–Crippen LogP) is 3.12. The zero-order chi connectivity index (χ0) is 15.1. The molecule has 1 aromatic carbocycles. The molecule has 1 aromatic rings. The number of rotatable bonds is 7. The van der Waals surface area contributed by atoms with Crippen LogP contribution in [-0.4, -0.2) is 12.5 Å². The number of nitrogens with two attached hydrogens (primary N) is 1. The first kappa shape index (κ1) is 16.7. The summed E-state index contributed by atoms with van der Waals surface area (Å²) in [6, 6.07) is 9.53. The molecule has 3 nitrogen and oxygen atoms in total. The molecule has 1 amide bonds. The first-order valence-electron chi connectivity index (χ1n) is 7.49. The van der Waals surface area contributed by atoms with Gasteiger partial charge in [-0.05, 0) is 23.3 Å². The first-order valence-corrected chi connectivity index (χ1v) is 7.49. The monoisotopic (exact) mass is 276 g/mol. The summed E-state index contributed by atoms with van der Waals surface area (Å²) in [5, 5.41) is 3.03. The Labute approximate surface area is 122 Å². The van der Waals surface area contributed by atoms with Crippen molar-refractivity contribution in [1.82, 2.24) is 5.32 Å². The highest BCUT2D eigenvalue weighted by atomic mass is 16.1. The molecule has 0 bridgehead atoms. The minimum atomic E-state index is -0.229. The predicted molar refractivity (Wildman–Crippen MR) is 84.2 cm³/mol. The molecule has 0 fully saturated rings. The van der Waals surface area contributed by atoms with Gasteiger partial charge in [-0.15, -0.1) is 0 Å². The number of hydrogen-bond donors (Lipinski definition) is 2. The van der Waals surface area contributed by atoms with Crippen LogP contribution in [0.1, 0.15) is 45.7 Å². The lowest BCUT2D eigenvalue weighted by Crippen LogP contribution is -2.35. The van der Waals surface area contributed by atoms with Gasteiger partial charge < -0.3 is 11.1 Å². The Hall–Kier alpha value is -1.35. The van der Waals surface area contributed by atoms with Gasteiger partial charge in [-0.2, -0.15) is 0 Å². The molecule has 112 valence electrons. The Bertz CT molecular complexity index is 393. The zero-order valence-electron chi connectivity index (χ0n) is 13.1. The number of amides is 1. The average Bonchev–Trinajstić information content (AvgIpc) is 2.39. The molecule has 1 atom stereocenters. The molecule has 1 rings (SSSR count). The second kappa shape index (κ2) is 8.05. The van der Waals surface area contributed by atoms with Crippen molar-refractivity contribution in [3.05, 3.63) is 35.9 Å². The Morgan fingerprint density at radius 1 is 1.10 bits per heavy atom. The van der Waals surface area contributed by atoms with Crippen molar-refractivity contribution < 1.29 is 4.79 Å². The normalized spacial score (nSPS) is 13.0. The fourth-order valence-electron chi connectivity index (χ4n) is 2.56. The number of carbonyl (C=O) groups is 1. The van der Waals surface area contributed by atoms with E-state index in [1.165, 1.54) is 0 Å². The number of benzene rings is 1. The van der Waals surface area contributed by atoms with Gasteiger partial charge in [0, 0.05) is 19.0 Å². The molecule has 0 aliphatic carbocycles. The second-order valence-corrected chi connectivity index (χ2v) is 6.18. The van der Waals surface area contributed by atoms with E-state index in [1.54, 1.807) is 0 Å². The standard InChI is InChI=1S/C17H28N2O/c1-12(2)15(13(3)4)11-19-17(20)10-16(18)14-8-6-5-7-9-14/h5-9,12-13,15-16H,10-11,18H2,1-4H3,(H,19,20). The topological polar surface area (TPSA) is 55.1 Å². The third-order valence-corrected chi connectivity index (χ3v) is 3.88. The third-order valence-electron chi connectivity index (χ3n) is 3.88. The molecule has 20 heavy (non-hydrogen) atoms. The molecule has 0 heterocycles. The summed E-state index contributed by atoms with van der Waals surface area (Å²) in [5.41, 5.74) is 7.07. The van der Waals surface area contributed by atoms with Crippen molar-refractivity contribution in [1.29, 1.82) is 0 Å². The molecule has 3 heteroatoms. The van der Waals surface area contributed by atoms with E-state index in [0.29, 0.717) is 24.2 Å². The SMILES string of the molecule is CC(C)C(CNC(=O)CC(N)c1ccccc1)C(C)C. The van der Waals surface area contributed by atoms with Crippen LogP contribution in [-0.2, 0) is 4.79 Å². The lowest BCUT2D eigenvalue weighted by Gasteiger charge is -2.25. The van der Waals surface area contributed by atoms with E-state index in [4.69, 9.17) is 5.73 Å². The van der Waals surface area contributed by atoms with Crippen molar-refractivity contribution in [3.63, 3.8) is 0 Å². The van der Waals surface area contributed by atoms with Crippen LogP contribution in [0.4, 0.5) is 0 Å². The second-order valence-electron chi connectivity index (χ2n) is 6.18. The van der Waals surface area contributed by atoms with Gasteiger partial charge in [0.15, 0.2) is 0 Å². The van der Waals surface area contributed by atoms with E-state index in [-0.39, 0.29) is 11.9 Å². The quantitative estimate of drug-likeness (QED) is 0.804. The number of hydrogen-bond acceptors (Lipinski definition) is 2. The summed E-state index contributed by atoms with van der Waals surface area (Å²) in [6.45, 7) is 9.54. The van der Waals surface area contributed by atoms with E-state index < -0.39 is 0 Å². The van der Waals surface area contributed by atoms with Gasteiger partial charge in [-0.1, -0.05) is 58.0 Å². The lowest BCUT2D eigenvalue weighted by molar-refractivity contribution is -0.121. The van der Waals surface area contributed by atoms with Crippen LogP contribution >= 0.6 is 0 Å². The molecular formula is C17H28N2O. The van der Waals surface area contributed by atoms with Gasteiger partial charge in [0.25, 0.3) is 0 Å². The van der Waals surface area contributed by atoms with Crippen LogP contribution in [0.25, 0.3) is 0 Å². The largest absolute Gasteiger partial charge is 0.356 e. The van der Waals surface area contributed by atoms with Crippen LogP contribution in [0.3, 0.4) is 0 Å². The van der Waals surface area contributed by atoms with Crippen LogP contribution in [0, 0.1) is 17.8 Å². The van der Waals surface area contributed by atoms with E-state index in [2.05, 4.69) is 33.0 Å². The molecule has 3 N–H and O–H groups in total. The Kier molecular flexibility index (Phi) is 6.73. The van der Waals surface area contributed by atoms with Gasteiger partial charge in [0.2, 0.25) is 5.91 Å². The van der Waals surface area contributed by atoms with Crippen LogP contribution < -0.4 is 11.1 Å². The van der Waals surface area contributed by atoms with E-state index >= 15 is 0 Å². The highest BCUT2D eigenvalue weighted by molar-refractivity contribution is 5.76. The molecule has 0 radical (unpaired) electrons. The molecule has 0 aliphatic rings. The Morgan fingerprint density at radius 2 is 1.65 bits per heavy atom. The molecular weight excluding hydrogens is 248 g/mol. The minimum absolute atomic E-state index is 0.0349. The zero-order valence-corrected chi connectivity index (χ0v) is 13.1. The maximum Gasteiger partial charge on any atom is 0.221 e. The van der Waals surface area contributed by atoms with Crippen LogP contribution in [0.15, 0.2) is 30.3 Å². The van der Waals surface area contributed by atoms with Crippen molar-refractivity contribution in [2.75, 3.05) is 6.54 Å². The molecule has 0 aromatic heterocycles. The molecule has 0 saturated carbocycles. The molecule has 1 unspecified atom stereocenters. The first-order chi connectivity index (χ1) is 9.41. The van der Waals surface area contributed by atoms with E-state index in [0.717, 1.165) is 12.1 Å². The van der Waals surface area contributed by atoms with Gasteiger partial charge in [0.05, 0.1) is 0 Å². The van der Waals surface area contributed by atoms with Crippen molar-refractivity contribution in [2.45, 2.75) is 40.2 Å². The highest BCUT2D eigenvalue weighted by Crippen LogP contribution is 2.19. The maximum atomic E-state index is 12.0. The molecule has 0 aliphatic heterocycles. The van der Waals surface area contributed by atoms with Crippen LogP contribution in [0.2, 0.25) is 0 Å². The summed E-state index contributed by atoms with van der Waals surface area (Å²) in [7, 11) is 0. The molecule has 0 saturated heterocycles. The average molecular weight is 276 g/mol. The summed E-state index contributed by atoms with van der Waals surface area (Å²) in [6.07, 6.45) is 0.340. The van der Waals surface area contributed by atoms with E-state index in [9.17, 15) is 4.79 Å². The van der Waals surface area contributed by atoms with Gasteiger partial charge in [0.1, 0.15) is 0 Å². The summed E-state index contributed by atoms with van der Waals surface area (Å²) >= 11 is 0. The van der Waals surface area contributed by atoms with Gasteiger partial charge in [-0.3, -0.25) is 4.79 Å². The van der Waals surface area contributed by atoms with Gasteiger partial charge >= 0.3 is 0 Å². The van der Waals surface area contributed by atoms with Crippen molar-refractivity contribution in [2.24, 2.45) is 23.5 Å². The van der Waals surface area contributed by atoms with Gasteiger partial charge in [-0.25, -0.2) is 0 Å². The van der Waals surface area contributed by atoms with Crippen molar-refractivity contribution >= 4 is 5.91 Å². The smallest absolute Gasteiger partial charge is 0.221 e. The summed E-state index contributed by atoms with van der Waals surface area (Å²) in [4.78, 5) is 12.0. The molecule has 0 spiro atoms. The number of carbonyl (C=O) groups excluding carboxylic acids is 1. The highest BCUT2D eigenvalue weighted by Gasteiger charge is 2.19. The van der Waals surface area contributed by atoms with Crippen molar-refractivity contribution in [3.8, 4) is 0 Å². The maximum absolute atomic E-state index is 12.0. The third kappa shape index (κ3) is 5.33. The Balaban J connectivity index is 2.44. The summed E-state index contributed by atoms with van der Waals surface area (Å²) in [5.74, 6) is 1.68. The summed E-state index contributed by atoms with van der Waals surface area (Å²) < 4.78 is 0. The fraction of sp³-hybridized carbons (Fsp3) is 0.588. The Morgan fingerprint density at radius 3 is 2.15 bits per heavy atom. The number of nitrogens with one attached hydrogen (secondary N) is 1. The van der Waals surface area contributed by atoms with Crippen LogP contribution in [0.5, 0.6) is 0 Å².